The van der Waals surface area contributed by atoms with Gasteiger partial charge in [-0.3, -0.25) is 4.79 Å². The normalized spacial score (nSPS) is 9.92. The lowest BCUT2D eigenvalue weighted by atomic mass is 10.1. The number of rotatable bonds is 2. The standard InChI is InChI=1S/C9H8BrIO/c1-6(12)4-7-2-3-8(10)5-9(7)11/h2-3,5H,4H2,1H3. The number of hydrogen-bond donors (Lipinski definition) is 0. The molecule has 12 heavy (non-hydrogen) atoms. The minimum absolute atomic E-state index is 0.204. The first-order valence-corrected chi connectivity index (χ1v) is 5.40. The maximum Gasteiger partial charge on any atom is 0.134 e. The molecule has 1 aromatic carbocycles. The summed E-state index contributed by atoms with van der Waals surface area (Å²) in [5.41, 5.74) is 1.10. The molecule has 0 aliphatic rings. The molecule has 0 spiro atoms. The summed E-state index contributed by atoms with van der Waals surface area (Å²) in [6.07, 6.45) is 0.533. The molecule has 0 aliphatic carbocycles. The maximum absolute atomic E-state index is 10.8. The molecule has 0 atom stereocenters. The summed E-state index contributed by atoms with van der Waals surface area (Å²) in [5, 5.41) is 0. The highest BCUT2D eigenvalue weighted by atomic mass is 127. The van der Waals surface area contributed by atoms with Crippen LogP contribution in [0.3, 0.4) is 0 Å². The average Bonchev–Trinajstić information content (AvgIpc) is 1.94. The van der Waals surface area contributed by atoms with Gasteiger partial charge in [0, 0.05) is 14.5 Å². The van der Waals surface area contributed by atoms with Crippen molar-refractivity contribution in [2.24, 2.45) is 0 Å². The number of hydrogen-bond acceptors (Lipinski definition) is 1. The Morgan fingerprint density at radius 2 is 2.25 bits per heavy atom. The Hall–Kier alpha value is 0.1000. The van der Waals surface area contributed by atoms with Crippen molar-refractivity contribution in [1.29, 1.82) is 0 Å². The van der Waals surface area contributed by atoms with Crippen LogP contribution in [0, 0.1) is 3.57 Å². The number of ketones is 1. The van der Waals surface area contributed by atoms with Crippen molar-refractivity contribution < 1.29 is 4.79 Å². The second kappa shape index (κ2) is 4.37. The molecule has 1 nitrogen and oxygen atoms in total. The van der Waals surface area contributed by atoms with Gasteiger partial charge in [-0.2, -0.15) is 0 Å². The zero-order valence-corrected chi connectivity index (χ0v) is 10.3. The van der Waals surface area contributed by atoms with Gasteiger partial charge in [0.15, 0.2) is 0 Å². The average molecular weight is 339 g/mol. The number of carbonyl (C=O) groups excluding carboxylic acids is 1. The van der Waals surface area contributed by atoms with Crippen LogP contribution in [0.15, 0.2) is 22.7 Å². The lowest BCUT2D eigenvalue weighted by Crippen LogP contribution is -1.98. The van der Waals surface area contributed by atoms with Gasteiger partial charge < -0.3 is 0 Å². The summed E-state index contributed by atoms with van der Waals surface area (Å²) in [5.74, 6) is 0.204. The summed E-state index contributed by atoms with van der Waals surface area (Å²) < 4.78 is 2.19. The van der Waals surface area contributed by atoms with Crippen molar-refractivity contribution in [2.45, 2.75) is 13.3 Å². The number of carbonyl (C=O) groups is 1. The van der Waals surface area contributed by atoms with Gasteiger partial charge >= 0.3 is 0 Å². The van der Waals surface area contributed by atoms with Gasteiger partial charge in [0.1, 0.15) is 5.78 Å². The van der Waals surface area contributed by atoms with Gasteiger partial charge in [-0.1, -0.05) is 22.0 Å². The molecule has 3 heteroatoms. The summed E-state index contributed by atoms with van der Waals surface area (Å²) in [7, 11) is 0. The molecule has 1 rings (SSSR count). The molecular weight excluding hydrogens is 331 g/mol. The second-order valence-corrected chi connectivity index (χ2v) is 4.69. The zero-order valence-electron chi connectivity index (χ0n) is 6.60. The van der Waals surface area contributed by atoms with E-state index in [-0.39, 0.29) is 5.78 Å². The van der Waals surface area contributed by atoms with E-state index in [9.17, 15) is 4.79 Å². The van der Waals surface area contributed by atoms with Crippen LogP contribution in [0.25, 0.3) is 0 Å². The Bertz CT molecular complexity index is 309. The largest absolute Gasteiger partial charge is 0.300 e. The van der Waals surface area contributed by atoms with Crippen LogP contribution in [-0.2, 0) is 11.2 Å². The Morgan fingerprint density at radius 3 is 2.75 bits per heavy atom. The minimum Gasteiger partial charge on any atom is -0.300 e. The molecule has 0 saturated carbocycles. The molecule has 0 unspecified atom stereocenters. The van der Waals surface area contributed by atoms with Crippen LogP contribution in [0.4, 0.5) is 0 Å². The van der Waals surface area contributed by atoms with E-state index >= 15 is 0 Å². The highest BCUT2D eigenvalue weighted by Crippen LogP contribution is 2.18. The van der Waals surface area contributed by atoms with Crippen molar-refractivity contribution in [2.75, 3.05) is 0 Å². The van der Waals surface area contributed by atoms with Gasteiger partial charge in [-0.15, -0.1) is 0 Å². The molecule has 0 bridgehead atoms. The lowest BCUT2D eigenvalue weighted by Gasteiger charge is -2.01. The molecule has 0 aliphatic heterocycles. The first-order chi connectivity index (χ1) is 5.59. The fraction of sp³-hybridized carbons (Fsp3) is 0.222. The quantitative estimate of drug-likeness (QED) is 0.757. The van der Waals surface area contributed by atoms with Gasteiger partial charge in [0.25, 0.3) is 0 Å². The van der Waals surface area contributed by atoms with Gasteiger partial charge in [0.05, 0.1) is 0 Å². The first kappa shape index (κ1) is 10.2. The zero-order chi connectivity index (χ0) is 9.14. The molecular formula is C9H8BrIO. The molecule has 0 amide bonds. The van der Waals surface area contributed by atoms with Crippen molar-refractivity contribution in [3.05, 3.63) is 31.8 Å². The molecule has 0 saturated heterocycles. The predicted octanol–water partition coefficient (Wildman–Crippen LogP) is 3.19. The third-order valence-electron chi connectivity index (χ3n) is 1.45. The Labute approximate surface area is 93.8 Å². The van der Waals surface area contributed by atoms with Crippen LogP contribution in [0.2, 0.25) is 0 Å². The molecule has 0 fully saturated rings. The maximum atomic E-state index is 10.8. The van der Waals surface area contributed by atoms with E-state index in [2.05, 4.69) is 38.5 Å². The third kappa shape index (κ3) is 2.86. The second-order valence-electron chi connectivity index (χ2n) is 2.61. The fourth-order valence-corrected chi connectivity index (χ4v) is 2.43. The van der Waals surface area contributed by atoms with Gasteiger partial charge in [-0.05, 0) is 47.2 Å². The monoisotopic (exact) mass is 338 g/mol. The van der Waals surface area contributed by atoms with Crippen molar-refractivity contribution >= 4 is 44.3 Å². The van der Waals surface area contributed by atoms with Crippen LogP contribution in [0.1, 0.15) is 12.5 Å². The summed E-state index contributed by atoms with van der Waals surface area (Å²) in [6, 6.07) is 5.95. The van der Waals surface area contributed by atoms with E-state index < -0.39 is 0 Å². The molecule has 0 N–H and O–H groups in total. The van der Waals surface area contributed by atoms with Crippen LogP contribution >= 0.6 is 38.5 Å². The van der Waals surface area contributed by atoms with E-state index in [0.29, 0.717) is 6.42 Å². The molecule has 64 valence electrons. The molecule has 1 aromatic rings. The summed E-state index contributed by atoms with van der Waals surface area (Å²) in [4.78, 5) is 10.8. The predicted molar refractivity (Wildman–Crippen MR) is 61.2 cm³/mol. The fourth-order valence-electron chi connectivity index (χ4n) is 0.933. The summed E-state index contributed by atoms with van der Waals surface area (Å²) in [6.45, 7) is 1.61. The van der Waals surface area contributed by atoms with Crippen molar-refractivity contribution in [1.82, 2.24) is 0 Å². The van der Waals surface area contributed by atoms with E-state index in [1.807, 2.05) is 18.2 Å². The highest BCUT2D eigenvalue weighted by molar-refractivity contribution is 14.1. The van der Waals surface area contributed by atoms with Gasteiger partial charge in [-0.25, -0.2) is 0 Å². The minimum atomic E-state index is 0.204. The van der Waals surface area contributed by atoms with Crippen LogP contribution in [-0.4, -0.2) is 5.78 Å². The Kier molecular flexibility index (Phi) is 3.71. The van der Waals surface area contributed by atoms with E-state index in [1.165, 1.54) is 0 Å². The number of halogens is 2. The summed E-state index contributed by atoms with van der Waals surface area (Å²) >= 11 is 5.61. The lowest BCUT2D eigenvalue weighted by molar-refractivity contribution is -0.116. The van der Waals surface area contributed by atoms with Crippen LogP contribution in [0.5, 0.6) is 0 Å². The Morgan fingerprint density at radius 1 is 1.58 bits per heavy atom. The Balaban J connectivity index is 2.93. The molecule has 0 radical (unpaired) electrons. The SMILES string of the molecule is CC(=O)Cc1ccc(Br)cc1I. The van der Waals surface area contributed by atoms with Gasteiger partial charge in [0.2, 0.25) is 0 Å². The number of Topliss-reactive ketones (excluding diaryl/α,β-unsaturated/α-hetero) is 1. The topological polar surface area (TPSA) is 17.1 Å². The third-order valence-corrected chi connectivity index (χ3v) is 2.95. The van der Waals surface area contributed by atoms with E-state index in [1.54, 1.807) is 6.92 Å². The highest BCUT2D eigenvalue weighted by Gasteiger charge is 2.02. The molecule has 0 heterocycles. The number of benzene rings is 1. The first-order valence-electron chi connectivity index (χ1n) is 3.53. The van der Waals surface area contributed by atoms with Crippen LogP contribution < -0.4 is 0 Å². The van der Waals surface area contributed by atoms with E-state index in [0.717, 1.165) is 13.6 Å². The van der Waals surface area contributed by atoms with Crippen molar-refractivity contribution in [3.8, 4) is 0 Å². The molecule has 0 aromatic heterocycles. The van der Waals surface area contributed by atoms with Crippen molar-refractivity contribution in [3.63, 3.8) is 0 Å². The smallest absolute Gasteiger partial charge is 0.134 e. The van der Waals surface area contributed by atoms with E-state index in [4.69, 9.17) is 0 Å².